The number of hydrogen-bond donors (Lipinski definition) is 4. The van der Waals surface area contributed by atoms with Crippen LogP contribution in [0.4, 0.5) is 0 Å². The fourth-order valence-electron chi connectivity index (χ4n) is 1.40. The zero-order valence-corrected chi connectivity index (χ0v) is 10.7. The fourth-order valence-corrected chi connectivity index (χ4v) is 2.06. The van der Waals surface area contributed by atoms with Crippen molar-refractivity contribution >= 4 is 8.32 Å². The summed E-state index contributed by atoms with van der Waals surface area (Å²) in [6.45, 7) is 6.02. The Morgan fingerprint density at radius 3 is 2.06 bits per heavy atom. The van der Waals surface area contributed by atoms with Crippen LogP contribution in [0.5, 0.6) is 0 Å². The summed E-state index contributed by atoms with van der Waals surface area (Å²) in [5.74, 6) is 0. The van der Waals surface area contributed by atoms with Crippen LogP contribution in [-0.4, -0.2) is 66.1 Å². The Labute approximate surface area is 95.6 Å². The van der Waals surface area contributed by atoms with E-state index in [1.165, 1.54) is 0 Å². The van der Waals surface area contributed by atoms with E-state index in [1.807, 2.05) is 19.6 Å². The largest absolute Gasteiger partial charge is 0.415 e. The minimum atomic E-state index is -1.75. The van der Waals surface area contributed by atoms with E-state index in [-0.39, 0.29) is 6.61 Å². The third kappa shape index (κ3) is 3.49. The second kappa shape index (κ2) is 5.09. The van der Waals surface area contributed by atoms with Gasteiger partial charge in [-0.2, -0.15) is 0 Å². The highest BCUT2D eigenvalue weighted by Crippen LogP contribution is 2.20. The summed E-state index contributed by atoms with van der Waals surface area (Å²) >= 11 is 0. The molecule has 0 aliphatic carbocycles. The number of rotatable bonds is 3. The molecule has 4 N–H and O–H groups in total. The molecule has 0 saturated carbocycles. The number of aliphatic hydroxyl groups is 4. The van der Waals surface area contributed by atoms with E-state index in [2.05, 4.69) is 0 Å². The molecule has 1 fully saturated rings. The van der Waals surface area contributed by atoms with Crippen LogP contribution in [0, 0.1) is 0 Å². The highest BCUT2D eigenvalue weighted by molar-refractivity contribution is 6.69. The maximum atomic E-state index is 9.61. The first kappa shape index (κ1) is 14.0. The van der Waals surface area contributed by atoms with Crippen molar-refractivity contribution in [1.29, 1.82) is 0 Å². The molecule has 0 aromatic carbocycles. The van der Waals surface area contributed by atoms with Gasteiger partial charge in [0, 0.05) is 0 Å². The summed E-state index contributed by atoms with van der Waals surface area (Å²) in [6, 6.07) is 0. The van der Waals surface area contributed by atoms with Gasteiger partial charge in [0.15, 0.2) is 14.6 Å². The molecule has 6 nitrogen and oxygen atoms in total. The first-order chi connectivity index (χ1) is 7.22. The molecule has 0 radical (unpaired) electrons. The van der Waals surface area contributed by atoms with E-state index in [1.54, 1.807) is 0 Å². The van der Waals surface area contributed by atoms with E-state index in [0.717, 1.165) is 0 Å². The SMILES string of the molecule is C[Si](C)(C)OCC1OC(O)C(O)C(O)C1O. The van der Waals surface area contributed by atoms with E-state index in [9.17, 15) is 20.4 Å². The van der Waals surface area contributed by atoms with Gasteiger partial charge >= 0.3 is 0 Å². The topological polar surface area (TPSA) is 99.4 Å². The predicted molar refractivity (Wildman–Crippen MR) is 58.2 cm³/mol. The second-order valence-corrected chi connectivity index (χ2v) is 9.47. The van der Waals surface area contributed by atoms with Crippen molar-refractivity contribution in [1.82, 2.24) is 0 Å². The quantitative estimate of drug-likeness (QED) is 0.463. The van der Waals surface area contributed by atoms with Crippen molar-refractivity contribution in [2.24, 2.45) is 0 Å². The van der Waals surface area contributed by atoms with Crippen molar-refractivity contribution in [2.45, 2.75) is 50.3 Å². The molecule has 1 saturated heterocycles. The lowest BCUT2D eigenvalue weighted by atomic mass is 10.00. The Morgan fingerprint density at radius 2 is 1.56 bits per heavy atom. The maximum Gasteiger partial charge on any atom is 0.184 e. The normalized spacial score (nSPS) is 41.1. The Balaban J connectivity index is 2.54. The fraction of sp³-hybridized carbons (Fsp3) is 1.00. The Morgan fingerprint density at radius 1 is 1.00 bits per heavy atom. The molecule has 16 heavy (non-hydrogen) atoms. The van der Waals surface area contributed by atoms with Gasteiger partial charge in [-0.25, -0.2) is 0 Å². The molecular formula is C9H20O6Si. The number of ether oxygens (including phenoxy) is 1. The minimum absolute atomic E-state index is 0.0950. The molecule has 0 aromatic rings. The summed E-state index contributed by atoms with van der Waals surface area (Å²) in [6.07, 6.45) is -6.47. The maximum absolute atomic E-state index is 9.61. The van der Waals surface area contributed by atoms with Crippen LogP contribution in [0.3, 0.4) is 0 Å². The monoisotopic (exact) mass is 252 g/mol. The van der Waals surface area contributed by atoms with Crippen molar-refractivity contribution in [3.05, 3.63) is 0 Å². The van der Waals surface area contributed by atoms with Gasteiger partial charge in [-0.05, 0) is 19.6 Å². The lowest BCUT2D eigenvalue weighted by Crippen LogP contribution is -2.59. The smallest absolute Gasteiger partial charge is 0.184 e. The average Bonchev–Trinajstić information content (AvgIpc) is 2.17. The van der Waals surface area contributed by atoms with Gasteiger partial charge in [0.25, 0.3) is 0 Å². The Kier molecular flexibility index (Phi) is 4.47. The lowest BCUT2D eigenvalue weighted by molar-refractivity contribution is -0.285. The molecule has 1 aliphatic rings. The summed E-state index contributed by atoms with van der Waals surface area (Å²) in [5, 5.41) is 37.6. The van der Waals surface area contributed by atoms with E-state index >= 15 is 0 Å². The Hall–Kier alpha value is -0.0231. The third-order valence-electron chi connectivity index (χ3n) is 2.37. The molecule has 1 heterocycles. The summed E-state index contributed by atoms with van der Waals surface area (Å²) in [7, 11) is -1.75. The molecular weight excluding hydrogens is 232 g/mol. The lowest BCUT2D eigenvalue weighted by Gasteiger charge is -2.39. The van der Waals surface area contributed by atoms with Crippen LogP contribution < -0.4 is 0 Å². The van der Waals surface area contributed by atoms with Crippen LogP contribution >= 0.6 is 0 Å². The van der Waals surface area contributed by atoms with Crippen molar-refractivity contribution in [2.75, 3.05) is 6.61 Å². The van der Waals surface area contributed by atoms with Crippen LogP contribution in [-0.2, 0) is 9.16 Å². The van der Waals surface area contributed by atoms with Gasteiger partial charge in [0.05, 0.1) is 6.61 Å². The van der Waals surface area contributed by atoms with Gasteiger partial charge in [-0.1, -0.05) is 0 Å². The molecule has 0 bridgehead atoms. The van der Waals surface area contributed by atoms with E-state index < -0.39 is 39.0 Å². The first-order valence-electron chi connectivity index (χ1n) is 5.24. The van der Waals surface area contributed by atoms with Crippen molar-refractivity contribution < 1.29 is 29.6 Å². The highest BCUT2D eigenvalue weighted by Gasteiger charge is 2.43. The van der Waals surface area contributed by atoms with Gasteiger partial charge < -0.3 is 29.6 Å². The molecule has 1 aliphatic heterocycles. The van der Waals surface area contributed by atoms with Crippen LogP contribution in [0.1, 0.15) is 0 Å². The van der Waals surface area contributed by atoms with Gasteiger partial charge in [0.1, 0.15) is 24.4 Å². The van der Waals surface area contributed by atoms with Gasteiger partial charge in [0.2, 0.25) is 0 Å². The summed E-state index contributed by atoms with van der Waals surface area (Å²) in [4.78, 5) is 0. The molecule has 0 aromatic heterocycles. The molecule has 0 amide bonds. The number of hydrogen-bond acceptors (Lipinski definition) is 6. The molecule has 5 atom stereocenters. The van der Waals surface area contributed by atoms with Gasteiger partial charge in [-0.15, -0.1) is 0 Å². The van der Waals surface area contributed by atoms with Crippen LogP contribution in [0.15, 0.2) is 0 Å². The highest BCUT2D eigenvalue weighted by atomic mass is 28.4. The second-order valence-electron chi connectivity index (χ2n) is 4.96. The predicted octanol–water partition coefficient (Wildman–Crippen LogP) is -1.36. The summed E-state index contributed by atoms with van der Waals surface area (Å²) in [5.41, 5.74) is 0. The third-order valence-corrected chi connectivity index (χ3v) is 3.40. The molecule has 1 rings (SSSR count). The van der Waals surface area contributed by atoms with E-state index in [4.69, 9.17) is 9.16 Å². The zero-order valence-electron chi connectivity index (χ0n) is 9.70. The van der Waals surface area contributed by atoms with Crippen molar-refractivity contribution in [3.8, 4) is 0 Å². The van der Waals surface area contributed by atoms with Crippen LogP contribution in [0.25, 0.3) is 0 Å². The van der Waals surface area contributed by atoms with Gasteiger partial charge in [-0.3, -0.25) is 0 Å². The number of aliphatic hydroxyl groups excluding tert-OH is 4. The molecule has 0 spiro atoms. The zero-order chi connectivity index (χ0) is 12.5. The molecule has 96 valence electrons. The van der Waals surface area contributed by atoms with Crippen molar-refractivity contribution in [3.63, 3.8) is 0 Å². The first-order valence-corrected chi connectivity index (χ1v) is 8.65. The summed E-state index contributed by atoms with van der Waals surface area (Å²) < 4.78 is 10.5. The minimum Gasteiger partial charge on any atom is -0.415 e. The van der Waals surface area contributed by atoms with E-state index in [0.29, 0.717) is 0 Å². The molecule has 5 unspecified atom stereocenters. The average molecular weight is 252 g/mol. The van der Waals surface area contributed by atoms with Crippen LogP contribution in [0.2, 0.25) is 19.6 Å². The Bertz CT molecular complexity index is 231. The molecule has 7 heteroatoms. The standard InChI is InChI=1S/C9H20O6Si/c1-16(2,3)14-4-5-6(10)7(11)8(12)9(13)15-5/h5-13H,4H2,1-3H3.